The second-order valence-corrected chi connectivity index (χ2v) is 6.73. The van der Waals surface area contributed by atoms with Gasteiger partial charge in [-0.2, -0.15) is 0 Å². The van der Waals surface area contributed by atoms with Gasteiger partial charge in [-0.25, -0.2) is 0 Å². The Morgan fingerprint density at radius 2 is 2.13 bits per heavy atom. The number of fused-ring (bicyclic) bond motifs is 1. The topological polar surface area (TPSA) is 66.8 Å². The average Bonchev–Trinajstić information content (AvgIpc) is 2.51. The normalized spacial score (nSPS) is 30.0. The molecule has 2 N–H and O–H groups in total. The molecular weight excluding hydrogens is 292 g/mol. The molecule has 1 aliphatic heterocycles. The Balaban J connectivity index is 1.73. The number of carbonyl (C=O) groups excluding carboxylic acids is 1. The summed E-state index contributed by atoms with van der Waals surface area (Å²) in [6, 6.07) is 6.41. The second-order valence-electron chi connectivity index (χ2n) is 6.73. The van der Waals surface area contributed by atoms with Crippen LogP contribution >= 0.6 is 0 Å². The van der Waals surface area contributed by atoms with E-state index in [1.165, 1.54) is 16.7 Å². The lowest BCUT2D eigenvalue weighted by atomic mass is 9.76. The van der Waals surface area contributed by atoms with Crippen LogP contribution in [0.4, 0.5) is 0 Å². The van der Waals surface area contributed by atoms with Crippen molar-refractivity contribution in [1.29, 1.82) is 0 Å². The van der Waals surface area contributed by atoms with Gasteiger partial charge in [0.15, 0.2) is 0 Å². The number of ether oxygens (including phenoxy) is 1. The molecule has 4 nitrogen and oxygen atoms in total. The van der Waals surface area contributed by atoms with Crippen LogP contribution in [0.25, 0.3) is 6.08 Å². The molecule has 0 radical (unpaired) electrons. The third kappa shape index (κ3) is 3.65. The molecule has 0 aromatic heterocycles. The minimum Gasteiger partial charge on any atom is -0.462 e. The number of aliphatic hydroxyl groups excluding tert-OH is 2. The van der Waals surface area contributed by atoms with Crippen LogP contribution < -0.4 is 0 Å². The van der Waals surface area contributed by atoms with Crippen LogP contribution in [0.3, 0.4) is 0 Å². The monoisotopic (exact) mass is 316 g/mol. The first-order valence-electron chi connectivity index (χ1n) is 8.34. The van der Waals surface area contributed by atoms with Crippen LogP contribution in [-0.2, 0) is 9.53 Å². The van der Waals surface area contributed by atoms with E-state index >= 15 is 0 Å². The van der Waals surface area contributed by atoms with Crippen molar-refractivity contribution in [2.24, 2.45) is 5.92 Å². The fourth-order valence-electron chi connectivity index (χ4n) is 3.73. The third-order valence-corrected chi connectivity index (χ3v) is 4.93. The van der Waals surface area contributed by atoms with Gasteiger partial charge in [0.2, 0.25) is 0 Å². The molecule has 1 aromatic rings. The Hall–Kier alpha value is -1.65. The van der Waals surface area contributed by atoms with Crippen molar-refractivity contribution >= 4 is 12.0 Å². The summed E-state index contributed by atoms with van der Waals surface area (Å²) in [5.41, 5.74) is 3.68. The first kappa shape index (κ1) is 16.2. The Bertz CT molecular complexity index is 607. The molecule has 1 aliphatic carbocycles. The highest BCUT2D eigenvalue weighted by molar-refractivity contribution is 5.71. The number of esters is 1. The van der Waals surface area contributed by atoms with E-state index in [0.29, 0.717) is 12.8 Å². The number of benzene rings is 1. The van der Waals surface area contributed by atoms with Crippen molar-refractivity contribution in [3.63, 3.8) is 0 Å². The Kier molecular flexibility index (Phi) is 4.83. The molecular formula is C19H24O4. The summed E-state index contributed by atoms with van der Waals surface area (Å²) in [7, 11) is 0. The molecule has 23 heavy (non-hydrogen) atoms. The van der Waals surface area contributed by atoms with Crippen LogP contribution in [0.15, 0.2) is 24.3 Å². The number of hydrogen-bond acceptors (Lipinski definition) is 4. The summed E-state index contributed by atoms with van der Waals surface area (Å²) < 4.78 is 5.34. The van der Waals surface area contributed by atoms with E-state index in [0.717, 1.165) is 6.42 Å². The summed E-state index contributed by atoms with van der Waals surface area (Å²) >= 11 is 0. The molecule has 1 heterocycles. The van der Waals surface area contributed by atoms with Gasteiger partial charge in [0, 0.05) is 18.9 Å². The number of aliphatic hydroxyl groups is 2. The van der Waals surface area contributed by atoms with E-state index in [1.54, 1.807) is 0 Å². The second kappa shape index (κ2) is 6.85. The number of carbonyl (C=O) groups is 1. The summed E-state index contributed by atoms with van der Waals surface area (Å²) in [6.45, 7) is 2.19. The van der Waals surface area contributed by atoms with Crippen molar-refractivity contribution in [3.8, 4) is 0 Å². The maximum absolute atomic E-state index is 11.5. The van der Waals surface area contributed by atoms with E-state index in [4.69, 9.17) is 4.74 Å². The molecule has 0 saturated carbocycles. The maximum atomic E-state index is 11.5. The van der Waals surface area contributed by atoms with Crippen molar-refractivity contribution in [3.05, 3.63) is 41.0 Å². The summed E-state index contributed by atoms with van der Waals surface area (Å²) in [5.74, 6) is -0.000170. The van der Waals surface area contributed by atoms with E-state index in [9.17, 15) is 15.0 Å². The van der Waals surface area contributed by atoms with Gasteiger partial charge >= 0.3 is 5.97 Å². The predicted octanol–water partition coefficient (Wildman–Crippen LogP) is 2.56. The van der Waals surface area contributed by atoms with Gasteiger partial charge in [-0.05, 0) is 36.8 Å². The van der Waals surface area contributed by atoms with Gasteiger partial charge in [-0.15, -0.1) is 0 Å². The standard InChI is InChI=1S/C19H24O4/c1-12-2-6-17-13(8-12)3-4-14(11-20)18(17)7-5-16-9-15(21)10-19(22)23-16/h2-4,6,8,14-16,18,20-21H,5,7,9-11H2,1H3/t14-,15-,16-,18+/m1/s1. The molecule has 1 aromatic carbocycles. The highest BCUT2D eigenvalue weighted by Gasteiger charge is 2.30. The quantitative estimate of drug-likeness (QED) is 0.838. The molecule has 1 saturated heterocycles. The molecule has 0 bridgehead atoms. The van der Waals surface area contributed by atoms with Crippen LogP contribution in [0.1, 0.15) is 48.3 Å². The largest absolute Gasteiger partial charge is 0.462 e. The number of hydrogen-bond donors (Lipinski definition) is 2. The molecule has 0 unspecified atom stereocenters. The van der Waals surface area contributed by atoms with E-state index in [-0.39, 0.29) is 36.9 Å². The van der Waals surface area contributed by atoms with Crippen LogP contribution in [0, 0.1) is 12.8 Å². The Labute approximate surface area is 136 Å². The smallest absolute Gasteiger partial charge is 0.308 e. The highest BCUT2D eigenvalue weighted by Crippen LogP contribution is 2.38. The molecule has 124 valence electrons. The first-order valence-corrected chi connectivity index (χ1v) is 8.34. The number of cyclic esters (lactones) is 1. The minimum absolute atomic E-state index is 0.0921. The lowest BCUT2D eigenvalue weighted by Crippen LogP contribution is -2.33. The molecule has 4 heteroatoms. The average molecular weight is 316 g/mol. The van der Waals surface area contributed by atoms with Gasteiger partial charge in [0.05, 0.1) is 12.5 Å². The minimum atomic E-state index is -0.587. The fraction of sp³-hybridized carbons (Fsp3) is 0.526. The number of aryl methyl sites for hydroxylation is 1. The molecule has 0 amide bonds. The molecule has 2 aliphatic rings. The van der Waals surface area contributed by atoms with Crippen molar-refractivity contribution < 1.29 is 19.7 Å². The van der Waals surface area contributed by atoms with Gasteiger partial charge in [-0.3, -0.25) is 4.79 Å². The first-order chi connectivity index (χ1) is 11.1. The maximum Gasteiger partial charge on any atom is 0.308 e. The number of rotatable bonds is 4. The van der Waals surface area contributed by atoms with Gasteiger partial charge in [0.1, 0.15) is 6.10 Å². The van der Waals surface area contributed by atoms with Crippen molar-refractivity contribution in [2.75, 3.05) is 6.61 Å². The Morgan fingerprint density at radius 3 is 2.87 bits per heavy atom. The summed E-state index contributed by atoms with van der Waals surface area (Å²) in [5, 5.41) is 19.4. The zero-order chi connectivity index (χ0) is 16.4. The third-order valence-electron chi connectivity index (χ3n) is 4.93. The summed E-state index contributed by atoms with van der Waals surface area (Å²) in [4.78, 5) is 11.5. The van der Waals surface area contributed by atoms with Crippen LogP contribution in [-0.4, -0.2) is 35.0 Å². The fourth-order valence-corrected chi connectivity index (χ4v) is 3.73. The van der Waals surface area contributed by atoms with E-state index in [2.05, 4.69) is 37.3 Å². The lowest BCUT2D eigenvalue weighted by Gasteiger charge is -2.32. The van der Waals surface area contributed by atoms with Crippen molar-refractivity contribution in [1.82, 2.24) is 0 Å². The van der Waals surface area contributed by atoms with Gasteiger partial charge in [-0.1, -0.05) is 35.9 Å². The lowest BCUT2D eigenvalue weighted by molar-refractivity contribution is -0.160. The highest BCUT2D eigenvalue weighted by atomic mass is 16.5. The van der Waals surface area contributed by atoms with Gasteiger partial charge < -0.3 is 14.9 Å². The zero-order valence-electron chi connectivity index (χ0n) is 13.4. The van der Waals surface area contributed by atoms with E-state index in [1.807, 2.05) is 0 Å². The van der Waals surface area contributed by atoms with Crippen LogP contribution in [0.2, 0.25) is 0 Å². The molecule has 1 fully saturated rings. The van der Waals surface area contributed by atoms with Crippen LogP contribution in [0.5, 0.6) is 0 Å². The molecule has 0 spiro atoms. The van der Waals surface area contributed by atoms with Gasteiger partial charge in [0.25, 0.3) is 0 Å². The van der Waals surface area contributed by atoms with Crippen molar-refractivity contribution in [2.45, 2.75) is 50.7 Å². The Morgan fingerprint density at radius 1 is 1.30 bits per heavy atom. The van der Waals surface area contributed by atoms with E-state index < -0.39 is 6.10 Å². The zero-order valence-corrected chi connectivity index (χ0v) is 13.4. The molecule has 3 rings (SSSR count). The molecule has 4 atom stereocenters. The summed E-state index contributed by atoms with van der Waals surface area (Å²) in [6.07, 6.45) is 5.52. The SMILES string of the molecule is Cc1ccc2c(c1)C=C[C@H](CO)[C@@H]2CC[C@@H]1C[C@@H](O)CC(=O)O1. The predicted molar refractivity (Wildman–Crippen MR) is 87.9 cm³/mol.